The molecule has 182 valence electrons. The van der Waals surface area contributed by atoms with Crippen molar-refractivity contribution in [3.05, 3.63) is 64.6 Å². The second-order valence-corrected chi connectivity index (χ2v) is 10.5. The van der Waals surface area contributed by atoms with Gasteiger partial charge in [0.15, 0.2) is 0 Å². The number of hydrogen-bond acceptors (Lipinski definition) is 4. The number of likely N-dealkylation sites (tertiary alicyclic amines) is 1. The SMILES string of the molecule is CN1CCN(C(=O)C[C@@]2(COc3ccccc3)CCCN(C(=O)Cc3ccccc3Br)C2)CC1. The summed E-state index contributed by atoms with van der Waals surface area (Å²) < 4.78 is 7.14. The second-order valence-electron chi connectivity index (χ2n) is 9.65. The van der Waals surface area contributed by atoms with E-state index in [1.165, 1.54) is 0 Å². The molecule has 0 radical (unpaired) electrons. The summed E-state index contributed by atoms with van der Waals surface area (Å²) >= 11 is 3.56. The summed E-state index contributed by atoms with van der Waals surface area (Å²) in [6, 6.07) is 17.6. The van der Waals surface area contributed by atoms with Crippen LogP contribution in [0.5, 0.6) is 5.75 Å². The molecule has 1 atom stereocenters. The Morgan fingerprint density at radius 2 is 1.62 bits per heavy atom. The van der Waals surface area contributed by atoms with Crippen molar-refractivity contribution in [3.8, 4) is 5.75 Å². The van der Waals surface area contributed by atoms with Gasteiger partial charge in [-0.15, -0.1) is 0 Å². The highest BCUT2D eigenvalue weighted by Gasteiger charge is 2.41. The first-order valence-electron chi connectivity index (χ1n) is 12.1. The molecule has 0 spiro atoms. The minimum absolute atomic E-state index is 0.0998. The number of likely N-dealkylation sites (N-methyl/N-ethyl adjacent to an activating group) is 1. The normalized spacial score (nSPS) is 21.4. The highest BCUT2D eigenvalue weighted by Crippen LogP contribution is 2.36. The number of rotatable bonds is 7. The van der Waals surface area contributed by atoms with E-state index >= 15 is 0 Å². The Morgan fingerprint density at radius 3 is 2.35 bits per heavy atom. The van der Waals surface area contributed by atoms with Crippen molar-refractivity contribution < 1.29 is 14.3 Å². The molecule has 0 N–H and O–H groups in total. The number of carbonyl (C=O) groups is 2. The molecule has 7 heteroatoms. The molecule has 2 aromatic rings. The fourth-order valence-corrected chi connectivity index (χ4v) is 5.32. The maximum Gasteiger partial charge on any atom is 0.227 e. The number of piperidine rings is 1. The van der Waals surface area contributed by atoms with Gasteiger partial charge in [0.05, 0.1) is 13.0 Å². The lowest BCUT2D eigenvalue weighted by molar-refractivity contribution is -0.142. The quantitative estimate of drug-likeness (QED) is 0.548. The smallest absolute Gasteiger partial charge is 0.227 e. The average molecular weight is 528 g/mol. The molecule has 2 amide bonds. The Balaban J connectivity index is 1.48. The predicted octanol–water partition coefficient (Wildman–Crippen LogP) is 3.84. The number of carbonyl (C=O) groups excluding carboxylic acids is 2. The third-order valence-electron chi connectivity index (χ3n) is 6.98. The minimum atomic E-state index is -0.391. The van der Waals surface area contributed by atoms with Crippen molar-refractivity contribution in [3.63, 3.8) is 0 Å². The molecule has 0 aliphatic carbocycles. The summed E-state index contributed by atoms with van der Waals surface area (Å²) in [5, 5.41) is 0. The average Bonchev–Trinajstić information content (AvgIpc) is 2.85. The summed E-state index contributed by atoms with van der Waals surface area (Å²) in [6.07, 6.45) is 2.50. The third kappa shape index (κ3) is 6.39. The zero-order valence-electron chi connectivity index (χ0n) is 19.9. The van der Waals surface area contributed by atoms with Gasteiger partial charge in [-0.05, 0) is 43.7 Å². The van der Waals surface area contributed by atoms with Gasteiger partial charge in [0, 0.05) is 55.6 Å². The fraction of sp³-hybridized carbons (Fsp3) is 0.481. The van der Waals surface area contributed by atoms with Crippen LogP contribution in [0.25, 0.3) is 0 Å². The van der Waals surface area contributed by atoms with E-state index in [0.29, 0.717) is 26.0 Å². The Labute approximate surface area is 211 Å². The van der Waals surface area contributed by atoms with E-state index in [2.05, 4.69) is 27.9 Å². The Bertz CT molecular complexity index is 978. The van der Waals surface area contributed by atoms with Gasteiger partial charge in [0.2, 0.25) is 11.8 Å². The van der Waals surface area contributed by atoms with Crippen molar-refractivity contribution in [2.75, 3.05) is 52.9 Å². The lowest BCUT2D eigenvalue weighted by Crippen LogP contribution is -2.53. The molecular weight excluding hydrogens is 494 g/mol. The molecule has 0 bridgehead atoms. The van der Waals surface area contributed by atoms with Crippen molar-refractivity contribution in [1.82, 2.24) is 14.7 Å². The maximum absolute atomic E-state index is 13.3. The third-order valence-corrected chi connectivity index (χ3v) is 7.76. The van der Waals surface area contributed by atoms with Gasteiger partial charge < -0.3 is 19.4 Å². The number of piperazine rings is 1. The van der Waals surface area contributed by atoms with Crippen molar-refractivity contribution in [2.24, 2.45) is 5.41 Å². The van der Waals surface area contributed by atoms with E-state index in [1.54, 1.807) is 0 Å². The number of amides is 2. The van der Waals surface area contributed by atoms with Crippen LogP contribution in [0, 0.1) is 5.41 Å². The molecule has 4 rings (SSSR count). The van der Waals surface area contributed by atoms with E-state index in [1.807, 2.05) is 64.4 Å². The monoisotopic (exact) mass is 527 g/mol. The Morgan fingerprint density at radius 1 is 0.912 bits per heavy atom. The van der Waals surface area contributed by atoms with Crippen LogP contribution >= 0.6 is 15.9 Å². The Hall–Kier alpha value is -2.38. The number of nitrogens with zero attached hydrogens (tertiary/aromatic N) is 3. The van der Waals surface area contributed by atoms with Gasteiger partial charge in [-0.1, -0.05) is 52.3 Å². The Kier molecular flexibility index (Phi) is 8.27. The number of benzene rings is 2. The molecule has 34 heavy (non-hydrogen) atoms. The number of para-hydroxylation sites is 1. The molecule has 0 unspecified atom stereocenters. The van der Waals surface area contributed by atoms with Crippen LogP contribution in [0.4, 0.5) is 0 Å². The first-order valence-corrected chi connectivity index (χ1v) is 12.9. The zero-order chi connectivity index (χ0) is 24.0. The molecule has 2 saturated heterocycles. The minimum Gasteiger partial charge on any atom is -0.493 e. The van der Waals surface area contributed by atoms with E-state index in [0.717, 1.165) is 61.4 Å². The lowest BCUT2D eigenvalue weighted by atomic mass is 9.77. The first-order chi connectivity index (χ1) is 16.4. The van der Waals surface area contributed by atoms with Crippen LogP contribution in [0.3, 0.4) is 0 Å². The van der Waals surface area contributed by atoms with Gasteiger partial charge in [-0.25, -0.2) is 0 Å². The summed E-state index contributed by atoms with van der Waals surface area (Å²) in [7, 11) is 2.09. The lowest BCUT2D eigenvalue weighted by Gasteiger charge is -2.43. The van der Waals surface area contributed by atoms with Crippen LogP contribution in [0.15, 0.2) is 59.1 Å². The summed E-state index contributed by atoms with van der Waals surface area (Å²) in [5.74, 6) is 1.07. The van der Waals surface area contributed by atoms with Gasteiger partial charge in [0.1, 0.15) is 5.75 Å². The topological polar surface area (TPSA) is 53.1 Å². The highest BCUT2D eigenvalue weighted by atomic mass is 79.9. The van der Waals surface area contributed by atoms with E-state index < -0.39 is 5.41 Å². The van der Waals surface area contributed by atoms with Crippen LogP contribution in [-0.2, 0) is 16.0 Å². The highest BCUT2D eigenvalue weighted by molar-refractivity contribution is 9.10. The van der Waals surface area contributed by atoms with E-state index in [-0.39, 0.29) is 11.8 Å². The molecule has 0 aromatic heterocycles. The van der Waals surface area contributed by atoms with E-state index in [4.69, 9.17) is 4.74 Å². The predicted molar refractivity (Wildman–Crippen MR) is 137 cm³/mol. The van der Waals surface area contributed by atoms with Crippen LogP contribution in [0.1, 0.15) is 24.8 Å². The largest absolute Gasteiger partial charge is 0.493 e. The van der Waals surface area contributed by atoms with Gasteiger partial charge in [0.25, 0.3) is 0 Å². The number of hydrogen-bond donors (Lipinski definition) is 0. The molecular formula is C27H34BrN3O3. The summed E-state index contributed by atoms with van der Waals surface area (Å²) in [6.45, 7) is 5.01. The zero-order valence-corrected chi connectivity index (χ0v) is 21.5. The molecule has 2 heterocycles. The van der Waals surface area contributed by atoms with Crippen LogP contribution in [0.2, 0.25) is 0 Å². The second kappa shape index (κ2) is 11.4. The fourth-order valence-electron chi connectivity index (χ4n) is 4.89. The van der Waals surface area contributed by atoms with Crippen molar-refractivity contribution >= 4 is 27.7 Å². The van der Waals surface area contributed by atoms with Crippen LogP contribution in [-0.4, -0.2) is 79.4 Å². The molecule has 6 nitrogen and oxygen atoms in total. The standard InChI is InChI=1S/C27H34BrN3O3/c1-29-14-16-30(17-15-29)26(33)19-27(21-34-23-9-3-2-4-10-23)12-7-13-31(20-27)25(32)18-22-8-5-6-11-24(22)28/h2-6,8-11H,7,12-21H2,1H3/t27-/m0/s1. The van der Waals surface area contributed by atoms with Gasteiger partial charge >= 0.3 is 0 Å². The first kappa shape index (κ1) is 24.7. The molecule has 2 aliphatic rings. The van der Waals surface area contributed by atoms with E-state index in [9.17, 15) is 9.59 Å². The molecule has 0 saturated carbocycles. The van der Waals surface area contributed by atoms with Gasteiger partial charge in [-0.2, -0.15) is 0 Å². The van der Waals surface area contributed by atoms with Crippen molar-refractivity contribution in [1.29, 1.82) is 0 Å². The number of halogens is 1. The molecule has 2 fully saturated rings. The maximum atomic E-state index is 13.3. The molecule has 2 aliphatic heterocycles. The summed E-state index contributed by atoms with van der Waals surface area (Å²) in [4.78, 5) is 32.8. The number of ether oxygens (including phenoxy) is 1. The van der Waals surface area contributed by atoms with Gasteiger partial charge in [-0.3, -0.25) is 9.59 Å². The van der Waals surface area contributed by atoms with Crippen LogP contribution < -0.4 is 4.74 Å². The molecule has 2 aromatic carbocycles. The van der Waals surface area contributed by atoms with Crippen molar-refractivity contribution in [2.45, 2.75) is 25.7 Å². The summed E-state index contributed by atoms with van der Waals surface area (Å²) in [5.41, 5.74) is 0.593.